The van der Waals surface area contributed by atoms with Gasteiger partial charge in [0.2, 0.25) is 10.0 Å². The van der Waals surface area contributed by atoms with Gasteiger partial charge >= 0.3 is 0 Å². The van der Waals surface area contributed by atoms with Gasteiger partial charge in [0.25, 0.3) is 0 Å². The van der Waals surface area contributed by atoms with Gasteiger partial charge in [-0.25, -0.2) is 13.1 Å². The Morgan fingerprint density at radius 2 is 1.94 bits per heavy atom. The Morgan fingerprint density at radius 3 is 2.50 bits per heavy atom. The van der Waals surface area contributed by atoms with Crippen molar-refractivity contribution < 1.29 is 13.2 Å². The summed E-state index contributed by atoms with van der Waals surface area (Å²) in [6.07, 6.45) is 1.87. The number of rotatable bonds is 7. The van der Waals surface area contributed by atoms with E-state index in [1.807, 2.05) is 7.05 Å². The van der Waals surface area contributed by atoms with E-state index in [1.54, 1.807) is 24.3 Å². The standard InChI is InChI=1S/C12H18N2O3S/c1-13-8-9-17-11-4-6-12(7-5-11)18(15,16)14-10-2-3-10/h4-7,10,13-14H,2-3,8-9H2,1H3. The van der Waals surface area contributed by atoms with Gasteiger partial charge < -0.3 is 10.1 Å². The molecule has 1 fully saturated rings. The van der Waals surface area contributed by atoms with E-state index in [-0.39, 0.29) is 10.9 Å². The molecule has 2 rings (SSSR count). The first kappa shape index (κ1) is 13.3. The van der Waals surface area contributed by atoms with Crippen molar-refractivity contribution in [3.63, 3.8) is 0 Å². The van der Waals surface area contributed by atoms with Crippen molar-refractivity contribution >= 4 is 10.0 Å². The Balaban J connectivity index is 1.97. The molecule has 18 heavy (non-hydrogen) atoms. The molecule has 0 amide bonds. The van der Waals surface area contributed by atoms with Crippen LogP contribution in [0.4, 0.5) is 0 Å². The minimum Gasteiger partial charge on any atom is -0.492 e. The number of ether oxygens (including phenoxy) is 1. The zero-order valence-electron chi connectivity index (χ0n) is 10.3. The van der Waals surface area contributed by atoms with Gasteiger partial charge in [0.1, 0.15) is 12.4 Å². The summed E-state index contributed by atoms with van der Waals surface area (Å²) >= 11 is 0. The van der Waals surface area contributed by atoms with Gasteiger partial charge in [0.15, 0.2) is 0 Å². The molecule has 2 N–H and O–H groups in total. The molecule has 0 radical (unpaired) electrons. The Morgan fingerprint density at radius 1 is 1.28 bits per heavy atom. The summed E-state index contributed by atoms with van der Waals surface area (Å²) in [5.41, 5.74) is 0. The molecule has 0 aromatic heterocycles. The number of nitrogens with one attached hydrogen (secondary N) is 2. The SMILES string of the molecule is CNCCOc1ccc(S(=O)(=O)NC2CC2)cc1. The quantitative estimate of drug-likeness (QED) is 0.717. The van der Waals surface area contributed by atoms with Crippen LogP contribution in [0.15, 0.2) is 29.2 Å². The van der Waals surface area contributed by atoms with E-state index in [9.17, 15) is 8.42 Å². The molecule has 1 aliphatic rings. The first-order valence-corrected chi connectivity index (χ1v) is 7.50. The normalized spacial score (nSPS) is 15.6. The van der Waals surface area contributed by atoms with E-state index in [1.165, 1.54) is 0 Å². The van der Waals surface area contributed by atoms with Crippen LogP contribution in [0.3, 0.4) is 0 Å². The maximum absolute atomic E-state index is 11.9. The van der Waals surface area contributed by atoms with Gasteiger partial charge in [0, 0.05) is 12.6 Å². The summed E-state index contributed by atoms with van der Waals surface area (Å²) in [5.74, 6) is 0.677. The molecule has 0 aliphatic heterocycles. The highest BCUT2D eigenvalue weighted by Crippen LogP contribution is 2.23. The van der Waals surface area contributed by atoms with Crippen molar-refractivity contribution in [2.45, 2.75) is 23.8 Å². The molecule has 1 aliphatic carbocycles. The predicted octanol–water partition coefficient (Wildman–Crippen LogP) is 0.725. The van der Waals surface area contributed by atoms with Crippen molar-refractivity contribution in [2.24, 2.45) is 0 Å². The Labute approximate surface area is 108 Å². The minimum atomic E-state index is -3.36. The molecule has 1 aromatic carbocycles. The number of hydrogen-bond donors (Lipinski definition) is 2. The molecule has 0 spiro atoms. The zero-order chi connectivity index (χ0) is 13.0. The third-order valence-electron chi connectivity index (χ3n) is 2.65. The third-order valence-corrected chi connectivity index (χ3v) is 4.19. The second-order valence-electron chi connectivity index (χ2n) is 4.32. The second kappa shape index (κ2) is 5.69. The fraction of sp³-hybridized carbons (Fsp3) is 0.500. The van der Waals surface area contributed by atoms with Crippen LogP contribution in [0, 0.1) is 0 Å². The molecular weight excluding hydrogens is 252 g/mol. The zero-order valence-corrected chi connectivity index (χ0v) is 11.2. The molecule has 0 unspecified atom stereocenters. The van der Waals surface area contributed by atoms with Crippen LogP contribution in [0.2, 0.25) is 0 Å². The lowest BCUT2D eigenvalue weighted by Crippen LogP contribution is -2.25. The highest BCUT2D eigenvalue weighted by Gasteiger charge is 2.27. The van der Waals surface area contributed by atoms with E-state index >= 15 is 0 Å². The van der Waals surface area contributed by atoms with Crippen LogP contribution in [-0.4, -0.2) is 34.7 Å². The first-order chi connectivity index (χ1) is 8.62. The van der Waals surface area contributed by atoms with Crippen LogP contribution >= 0.6 is 0 Å². The summed E-state index contributed by atoms with van der Waals surface area (Å²) in [6, 6.07) is 6.62. The highest BCUT2D eigenvalue weighted by atomic mass is 32.2. The maximum Gasteiger partial charge on any atom is 0.240 e. The van der Waals surface area contributed by atoms with Crippen molar-refractivity contribution in [3.05, 3.63) is 24.3 Å². The molecule has 6 heteroatoms. The number of hydrogen-bond acceptors (Lipinski definition) is 4. The molecular formula is C12H18N2O3S. The fourth-order valence-corrected chi connectivity index (χ4v) is 2.78. The number of benzene rings is 1. The second-order valence-corrected chi connectivity index (χ2v) is 6.03. The van der Waals surface area contributed by atoms with Gasteiger partial charge in [-0.2, -0.15) is 0 Å². The molecule has 0 bridgehead atoms. The molecule has 1 aromatic rings. The predicted molar refractivity (Wildman–Crippen MR) is 69.2 cm³/mol. The monoisotopic (exact) mass is 270 g/mol. The van der Waals surface area contributed by atoms with Gasteiger partial charge in [-0.1, -0.05) is 0 Å². The smallest absolute Gasteiger partial charge is 0.240 e. The molecule has 5 nitrogen and oxygen atoms in total. The summed E-state index contributed by atoms with van der Waals surface area (Å²) in [4.78, 5) is 0.287. The lowest BCUT2D eigenvalue weighted by molar-refractivity contribution is 0.318. The molecule has 100 valence electrons. The summed E-state index contributed by atoms with van der Waals surface area (Å²) < 4.78 is 31.9. The van der Waals surface area contributed by atoms with Crippen molar-refractivity contribution in [2.75, 3.05) is 20.2 Å². The molecule has 0 saturated heterocycles. The Bertz CT molecular complexity index is 481. The topological polar surface area (TPSA) is 67.4 Å². The number of likely N-dealkylation sites (N-methyl/N-ethyl adjacent to an activating group) is 1. The molecule has 0 atom stereocenters. The van der Waals surface area contributed by atoms with Crippen LogP contribution in [0.1, 0.15) is 12.8 Å². The third kappa shape index (κ3) is 3.69. The highest BCUT2D eigenvalue weighted by molar-refractivity contribution is 7.89. The summed E-state index contributed by atoms with van der Waals surface area (Å²) in [5, 5.41) is 2.97. The van der Waals surface area contributed by atoms with Crippen LogP contribution in [-0.2, 0) is 10.0 Å². The van der Waals surface area contributed by atoms with E-state index < -0.39 is 10.0 Å². The van der Waals surface area contributed by atoms with Gasteiger partial charge in [0.05, 0.1) is 4.90 Å². The van der Waals surface area contributed by atoms with E-state index in [0.29, 0.717) is 12.4 Å². The Kier molecular flexibility index (Phi) is 4.21. The average molecular weight is 270 g/mol. The summed E-state index contributed by atoms with van der Waals surface area (Å²) in [6.45, 7) is 1.31. The first-order valence-electron chi connectivity index (χ1n) is 6.01. The lowest BCUT2D eigenvalue weighted by atomic mass is 10.3. The van der Waals surface area contributed by atoms with Gasteiger partial charge in [-0.15, -0.1) is 0 Å². The fourth-order valence-electron chi connectivity index (χ4n) is 1.47. The maximum atomic E-state index is 11.9. The molecule has 1 saturated carbocycles. The van der Waals surface area contributed by atoms with Crippen LogP contribution in [0.5, 0.6) is 5.75 Å². The lowest BCUT2D eigenvalue weighted by Gasteiger charge is -2.08. The van der Waals surface area contributed by atoms with Crippen molar-refractivity contribution in [3.8, 4) is 5.75 Å². The minimum absolute atomic E-state index is 0.126. The Hall–Kier alpha value is -1.11. The largest absolute Gasteiger partial charge is 0.492 e. The van der Waals surface area contributed by atoms with Gasteiger partial charge in [-0.05, 0) is 44.2 Å². The summed E-state index contributed by atoms with van der Waals surface area (Å²) in [7, 11) is -1.51. The van der Waals surface area contributed by atoms with E-state index in [2.05, 4.69) is 10.0 Å². The van der Waals surface area contributed by atoms with Crippen LogP contribution in [0.25, 0.3) is 0 Å². The van der Waals surface area contributed by atoms with Gasteiger partial charge in [-0.3, -0.25) is 0 Å². The van der Waals surface area contributed by atoms with E-state index in [0.717, 1.165) is 19.4 Å². The number of sulfonamides is 1. The molecule has 0 heterocycles. The average Bonchev–Trinajstić information content (AvgIpc) is 3.13. The van der Waals surface area contributed by atoms with Crippen LogP contribution < -0.4 is 14.8 Å². The van der Waals surface area contributed by atoms with E-state index in [4.69, 9.17) is 4.74 Å². The van der Waals surface area contributed by atoms with Crippen molar-refractivity contribution in [1.82, 2.24) is 10.0 Å². The van der Waals surface area contributed by atoms with Crippen molar-refractivity contribution in [1.29, 1.82) is 0 Å².